The van der Waals surface area contributed by atoms with Crippen molar-refractivity contribution >= 4 is 11.9 Å². The smallest absolute Gasteiger partial charge is 0.305 e. The molecule has 20 heavy (non-hydrogen) atoms. The number of guanidine groups is 1. The summed E-state index contributed by atoms with van der Waals surface area (Å²) in [7, 11) is 2.02. The second-order valence-electron chi connectivity index (χ2n) is 4.50. The van der Waals surface area contributed by atoms with Crippen LogP contribution in [0.25, 0.3) is 0 Å². The first kappa shape index (κ1) is 18.5. The largest absolute Gasteiger partial charge is 0.466 e. The van der Waals surface area contributed by atoms with Crippen molar-refractivity contribution in [3.05, 3.63) is 12.7 Å². The highest BCUT2D eigenvalue weighted by Gasteiger charge is 2.05. The lowest BCUT2D eigenvalue weighted by Crippen LogP contribution is -2.39. The van der Waals surface area contributed by atoms with E-state index in [-0.39, 0.29) is 5.97 Å². The summed E-state index contributed by atoms with van der Waals surface area (Å²) in [6, 6.07) is 0. The summed E-state index contributed by atoms with van der Waals surface area (Å²) < 4.78 is 4.89. The first-order valence-electron chi connectivity index (χ1n) is 7.41. The zero-order valence-corrected chi connectivity index (χ0v) is 13.2. The summed E-state index contributed by atoms with van der Waals surface area (Å²) in [6.45, 7) is 10.4. The number of nitrogens with zero attached hydrogens (tertiary/aromatic N) is 2. The molecule has 116 valence electrons. The number of esters is 1. The molecule has 0 spiro atoms. The minimum Gasteiger partial charge on any atom is -0.466 e. The maximum Gasteiger partial charge on any atom is 0.305 e. The Kier molecular flexibility index (Phi) is 11.6. The van der Waals surface area contributed by atoms with E-state index >= 15 is 0 Å². The summed E-state index contributed by atoms with van der Waals surface area (Å²) >= 11 is 0. The fourth-order valence-electron chi connectivity index (χ4n) is 1.69. The van der Waals surface area contributed by atoms with E-state index in [9.17, 15) is 4.79 Å². The van der Waals surface area contributed by atoms with Crippen LogP contribution in [0, 0.1) is 0 Å². The number of ether oxygens (including phenoxy) is 1. The van der Waals surface area contributed by atoms with Gasteiger partial charge in [0.25, 0.3) is 0 Å². The molecule has 0 aromatic rings. The van der Waals surface area contributed by atoms with Crippen LogP contribution in [-0.4, -0.2) is 50.1 Å². The number of hydrogen-bond acceptors (Lipinski definition) is 3. The molecule has 0 heterocycles. The molecular formula is C15H29N3O2. The molecule has 0 saturated carbocycles. The molecule has 0 aliphatic heterocycles. The Hall–Kier alpha value is -1.52. The summed E-state index contributed by atoms with van der Waals surface area (Å²) in [4.78, 5) is 17.8. The van der Waals surface area contributed by atoms with Crippen LogP contribution in [0.2, 0.25) is 0 Å². The molecule has 5 nitrogen and oxygen atoms in total. The van der Waals surface area contributed by atoms with E-state index in [1.807, 2.05) is 27.0 Å². The number of unbranched alkanes of at least 4 members (excludes halogenated alkanes) is 1. The number of aliphatic imine (C=N–C) groups is 1. The van der Waals surface area contributed by atoms with Gasteiger partial charge >= 0.3 is 5.97 Å². The first-order chi connectivity index (χ1) is 9.65. The van der Waals surface area contributed by atoms with E-state index < -0.39 is 0 Å². The van der Waals surface area contributed by atoms with Crippen LogP contribution in [0.4, 0.5) is 0 Å². The van der Waals surface area contributed by atoms with Crippen molar-refractivity contribution in [1.29, 1.82) is 0 Å². The van der Waals surface area contributed by atoms with Crippen LogP contribution < -0.4 is 5.32 Å². The molecule has 0 aliphatic rings. The van der Waals surface area contributed by atoms with Crippen LogP contribution >= 0.6 is 0 Å². The van der Waals surface area contributed by atoms with Crippen LogP contribution in [-0.2, 0) is 9.53 Å². The van der Waals surface area contributed by atoms with Crippen molar-refractivity contribution < 1.29 is 9.53 Å². The van der Waals surface area contributed by atoms with Gasteiger partial charge in [-0.3, -0.25) is 9.79 Å². The summed E-state index contributed by atoms with van der Waals surface area (Å²) in [5, 5.41) is 3.26. The third-order valence-electron chi connectivity index (χ3n) is 2.70. The van der Waals surface area contributed by atoms with Gasteiger partial charge < -0.3 is 15.0 Å². The maximum absolute atomic E-state index is 11.2. The Morgan fingerprint density at radius 1 is 1.40 bits per heavy atom. The molecule has 0 aromatic carbocycles. The van der Waals surface area contributed by atoms with Crippen LogP contribution in [0.15, 0.2) is 17.6 Å². The fourth-order valence-corrected chi connectivity index (χ4v) is 1.69. The van der Waals surface area contributed by atoms with Gasteiger partial charge in [0, 0.05) is 33.1 Å². The molecular weight excluding hydrogens is 254 g/mol. The van der Waals surface area contributed by atoms with Crippen molar-refractivity contribution in [2.24, 2.45) is 4.99 Å². The van der Waals surface area contributed by atoms with Crippen LogP contribution in [0.3, 0.4) is 0 Å². The Morgan fingerprint density at radius 2 is 2.15 bits per heavy atom. The molecule has 0 amide bonds. The quantitative estimate of drug-likeness (QED) is 0.219. The highest BCUT2D eigenvalue weighted by molar-refractivity contribution is 5.79. The molecule has 0 unspecified atom stereocenters. The summed E-state index contributed by atoms with van der Waals surface area (Å²) in [5.74, 6) is 0.743. The van der Waals surface area contributed by atoms with Crippen molar-refractivity contribution in [2.45, 2.75) is 39.5 Å². The highest BCUT2D eigenvalue weighted by atomic mass is 16.5. The lowest BCUT2D eigenvalue weighted by atomic mass is 10.3. The van der Waals surface area contributed by atoms with Gasteiger partial charge in [0.15, 0.2) is 5.96 Å². The SMILES string of the molecule is C=CCCCN(C)C(=NCCCC(=O)OCC)NCC. The predicted molar refractivity (Wildman–Crippen MR) is 83.9 cm³/mol. The number of nitrogens with one attached hydrogen (secondary N) is 1. The average Bonchev–Trinajstić information content (AvgIpc) is 2.42. The van der Waals surface area contributed by atoms with Gasteiger partial charge in [-0.05, 0) is 33.1 Å². The van der Waals surface area contributed by atoms with Crippen LogP contribution in [0.5, 0.6) is 0 Å². The lowest BCUT2D eigenvalue weighted by molar-refractivity contribution is -0.143. The molecule has 5 heteroatoms. The third kappa shape index (κ3) is 9.42. The van der Waals surface area contributed by atoms with Crippen LogP contribution in [0.1, 0.15) is 39.5 Å². The van der Waals surface area contributed by atoms with Gasteiger partial charge in [-0.2, -0.15) is 0 Å². The molecule has 0 bridgehead atoms. The molecule has 0 saturated heterocycles. The van der Waals surface area contributed by atoms with Gasteiger partial charge in [-0.25, -0.2) is 0 Å². The maximum atomic E-state index is 11.2. The number of carbonyl (C=O) groups excluding carboxylic acids is 1. The second-order valence-corrected chi connectivity index (χ2v) is 4.50. The Bertz CT molecular complexity index is 303. The molecule has 0 aliphatic carbocycles. The van der Waals surface area contributed by atoms with Gasteiger partial charge in [-0.15, -0.1) is 6.58 Å². The summed E-state index contributed by atoms with van der Waals surface area (Å²) in [6.07, 6.45) is 5.14. The number of carbonyl (C=O) groups is 1. The molecule has 0 fully saturated rings. The number of rotatable bonds is 10. The van der Waals surface area contributed by atoms with Crippen molar-refractivity contribution in [1.82, 2.24) is 10.2 Å². The summed E-state index contributed by atoms with van der Waals surface area (Å²) in [5.41, 5.74) is 0. The Labute approximate surface area is 123 Å². The Morgan fingerprint density at radius 3 is 2.75 bits per heavy atom. The van der Waals surface area contributed by atoms with Crippen molar-refractivity contribution in [2.75, 3.05) is 33.3 Å². The third-order valence-corrected chi connectivity index (χ3v) is 2.70. The normalized spacial score (nSPS) is 11.1. The zero-order valence-electron chi connectivity index (χ0n) is 13.2. The predicted octanol–water partition coefficient (Wildman–Crippen LogP) is 2.19. The van der Waals surface area contributed by atoms with E-state index in [2.05, 4.69) is 21.8 Å². The minimum atomic E-state index is -0.146. The molecule has 0 radical (unpaired) electrons. The fraction of sp³-hybridized carbons (Fsp3) is 0.733. The number of allylic oxidation sites excluding steroid dienone is 1. The van der Waals surface area contributed by atoms with Crippen molar-refractivity contribution in [3.8, 4) is 0 Å². The molecule has 0 rings (SSSR count). The van der Waals surface area contributed by atoms with E-state index in [1.54, 1.807) is 0 Å². The second kappa shape index (κ2) is 12.5. The van der Waals surface area contributed by atoms with Crippen molar-refractivity contribution in [3.63, 3.8) is 0 Å². The highest BCUT2D eigenvalue weighted by Crippen LogP contribution is 1.97. The minimum absolute atomic E-state index is 0.146. The molecule has 0 aromatic heterocycles. The number of hydrogen-bond donors (Lipinski definition) is 1. The van der Waals surface area contributed by atoms with E-state index in [0.717, 1.165) is 31.9 Å². The monoisotopic (exact) mass is 283 g/mol. The van der Waals surface area contributed by atoms with Gasteiger partial charge in [-0.1, -0.05) is 6.08 Å². The zero-order chi connectivity index (χ0) is 15.2. The van der Waals surface area contributed by atoms with E-state index in [0.29, 0.717) is 26.0 Å². The van der Waals surface area contributed by atoms with E-state index in [1.165, 1.54) is 0 Å². The molecule has 1 N–H and O–H groups in total. The standard InChI is InChI=1S/C15H29N3O2/c1-5-8-9-13-18(4)15(16-6-2)17-12-10-11-14(19)20-7-3/h5H,1,6-13H2,2-4H3,(H,16,17). The van der Waals surface area contributed by atoms with Gasteiger partial charge in [0.1, 0.15) is 0 Å². The first-order valence-corrected chi connectivity index (χ1v) is 7.41. The Balaban J connectivity index is 4.11. The average molecular weight is 283 g/mol. The van der Waals surface area contributed by atoms with Gasteiger partial charge in [0.2, 0.25) is 0 Å². The molecule has 0 atom stereocenters. The van der Waals surface area contributed by atoms with Gasteiger partial charge in [0.05, 0.1) is 6.61 Å². The topological polar surface area (TPSA) is 53.9 Å². The lowest BCUT2D eigenvalue weighted by Gasteiger charge is -2.21. The van der Waals surface area contributed by atoms with E-state index in [4.69, 9.17) is 4.74 Å².